The van der Waals surface area contributed by atoms with E-state index >= 15 is 0 Å². The summed E-state index contributed by atoms with van der Waals surface area (Å²) in [6.07, 6.45) is -7.03. The molecule has 0 saturated carbocycles. The van der Waals surface area contributed by atoms with Gasteiger partial charge in [-0.1, -0.05) is 40.2 Å². The SMILES string of the molecule is CCOc1ccc(C(F)C(F)C(F)OCc2cccc(Oc3ccc(Br)cc3)c2)cc1. The Balaban J connectivity index is 1.55. The van der Waals surface area contributed by atoms with Gasteiger partial charge in [-0.2, -0.15) is 0 Å². The summed E-state index contributed by atoms with van der Waals surface area (Å²) in [6.45, 7) is 2.05. The van der Waals surface area contributed by atoms with Crippen molar-refractivity contribution in [2.75, 3.05) is 6.61 Å². The lowest BCUT2D eigenvalue weighted by molar-refractivity contribution is -0.114. The summed E-state index contributed by atoms with van der Waals surface area (Å²) in [5.74, 6) is 1.68. The molecule has 0 aliphatic heterocycles. The van der Waals surface area contributed by atoms with Gasteiger partial charge in [0.25, 0.3) is 0 Å². The molecule has 3 nitrogen and oxygen atoms in total. The number of hydrogen-bond acceptors (Lipinski definition) is 3. The van der Waals surface area contributed by atoms with Crippen molar-refractivity contribution in [3.05, 3.63) is 88.4 Å². The van der Waals surface area contributed by atoms with Gasteiger partial charge in [0, 0.05) is 4.47 Å². The van der Waals surface area contributed by atoms with Crippen molar-refractivity contribution in [1.82, 2.24) is 0 Å². The van der Waals surface area contributed by atoms with Gasteiger partial charge in [-0.25, -0.2) is 13.2 Å². The molecule has 7 heteroatoms. The third kappa shape index (κ3) is 6.74. The standard InChI is InChI=1S/C24H22BrF3O3/c1-2-29-19-10-6-17(7-11-19)22(26)23(27)24(28)30-15-16-4-3-5-21(14-16)31-20-12-8-18(25)9-13-20/h3-14,22-24H,2,15H2,1H3. The van der Waals surface area contributed by atoms with Crippen molar-refractivity contribution >= 4 is 15.9 Å². The first-order chi connectivity index (χ1) is 15.0. The molecule has 3 atom stereocenters. The molecule has 0 bridgehead atoms. The molecule has 0 radical (unpaired) electrons. The van der Waals surface area contributed by atoms with E-state index < -0.39 is 18.7 Å². The number of halogens is 4. The molecule has 0 N–H and O–H groups in total. The van der Waals surface area contributed by atoms with Crippen LogP contribution in [0.15, 0.2) is 77.3 Å². The summed E-state index contributed by atoms with van der Waals surface area (Å²) < 4.78 is 59.8. The molecule has 0 saturated heterocycles. The van der Waals surface area contributed by atoms with E-state index in [1.807, 2.05) is 19.1 Å². The Labute approximate surface area is 187 Å². The maximum atomic E-state index is 14.4. The molecule has 164 valence electrons. The number of ether oxygens (including phenoxy) is 3. The molecular formula is C24H22BrF3O3. The molecule has 0 aromatic heterocycles. The third-order valence-electron chi connectivity index (χ3n) is 4.40. The van der Waals surface area contributed by atoms with Crippen LogP contribution in [-0.4, -0.2) is 19.1 Å². The molecule has 3 rings (SSSR count). The van der Waals surface area contributed by atoms with Gasteiger partial charge in [-0.15, -0.1) is 0 Å². The van der Waals surface area contributed by atoms with Crippen molar-refractivity contribution in [2.45, 2.75) is 32.2 Å². The van der Waals surface area contributed by atoms with Crippen molar-refractivity contribution in [1.29, 1.82) is 0 Å². The van der Waals surface area contributed by atoms with E-state index in [0.717, 1.165) is 4.47 Å². The van der Waals surface area contributed by atoms with Crippen LogP contribution < -0.4 is 9.47 Å². The molecule has 3 aromatic rings. The molecule has 0 heterocycles. The van der Waals surface area contributed by atoms with E-state index in [9.17, 15) is 13.2 Å². The number of benzene rings is 3. The maximum Gasteiger partial charge on any atom is 0.234 e. The first kappa shape index (κ1) is 23.2. The summed E-state index contributed by atoms with van der Waals surface area (Å²) in [4.78, 5) is 0. The number of rotatable bonds is 10. The van der Waals surface area contributed by atoms with Gasteiger partial charge in [0.1, 0.15) is 17.2 Å². The molecule has 0 amide bonds. The molecule has 0 spiro atoms. The van der Waals surface area contributed by atoms with Crippen LogP contribution in [0.3, 0.4) is 0 Å². The van der Waals surface area contributed by atoms with Crippen molar-refractivity contribution in [3.63, 3.8) is 0 Å². The van der Waals surface area contributed by atoms with Gasteiger partial charge in [-0.05, 0) is 66.6 Å². The minimum atomic E-state index is -2.46. The van der Waals surface area contributed by atoms with Gasteiger partial charge < -0.3 is 14.2 Å². The Kier molecular flexibility index (Phi) is 8.37. The molecule has 31 heavy (non-hydrogen) atoms. The predicted molar refractivity (Wildman–Crippen MR) is 117 cm³/mol. The summed E-state index contributed by atoms with van der Waals surface area (Å²) in [7, 11) is 0. The largest absolute Gasteiger partial charge is 0.494 e. The summed E-state index contributed by atoms with van der Waals surface area (Å²) in [5.41, 5.74) is 0.591. The molecule has 0 aliphatic carbocycles. The Morgan fingerprint density at radius 2 is 1.52 bits per heavy atom. The number of hydrogen-bond donors (Lipinski definition) is 0. The second-order valence-corrected chi connectivity index (χ2v) is 7.63. The number of alkyl halides is 3. The molecule has 0 aliphatic rings. The molecule has 0 fully saturated rings. The first-order valence-electron chi connectivity index (χ1n) is 9.75. The lowest BCUT2D eigenvalue weighted by atomic mass is 10.1. The predicted octanol–water partition coefficient (Wildman–Crippen LogP) is 7.50. The molecule has 3 unspecified atom stereocenters. The zero-order valence-electron chi connectivity index (χ0n) is 16.8. The summed E-state index contributed by atoms with van der Waals surface area (Å²) in [6, 6.07) is 19.8. The Bertz CT molecular complexity index is 951. The Morgan fingerprint density at radius 3 is 2.19 bits per heavy atom. The third-order valence-corrected chi connectivity index (χ3v) is 4.93. The Hall–Kier alpha value is -2.51. The van der Waals surface area contributed by atoms with E-state index in [-0.39, 0.29) is 12.2 Å². The highest BCUT2D eigenvalue weighted by Gasteiger charge is 2.32. The van der Waals surface area contributed by atoms with Crippen molar-refractivity contribution in [2.24, 2.45) is 0 Å². The van der Waals surface area contributed by atoms with Crippen LogP contribution >= 0.6 is 15.9 Å². The lowest BCUT2D eigenvalue weighted by Crippen LogP contribution is -2.25. The molecular weight excluding hydrogens is 473 g/mol. The minimum Gasteiger partial charge on any atom is -0.494 e. The van der Waals surface area contributed by atoms with Gasteiger partial charge in [0.15, 0.2) is 12.3 Å². The van der Waals surface area contributed by atoms with Crippen LogP contribution in [-0.2, 0) is 11.3 Å². The van der Waals surface area contributed by atoms with Crippen molar-refractivity contribution in [3.8, 4) is 17.2 Å². The fraction of sp³-hybridized carbons (Fsp3) is 0.250. The zero-order chi connectivity index (χ0) is 22.2. The second kappa shape index (κ2) is 11.2. The summed E-state index contributed by atoms with van der Waals surface area (Å²) >= 11 is 3.35. The zero-order valence-corrected chi connectivity index (χ0v) is 18.4. The molecule has 3 aromatic carbocycles. The monoisotopic (exact) mass is 494 g/mol. The lowest BCUT2D eigenvalue weighted by Gasteiger charge is -2.18. The first-order valence-corrected chi connectivity index (χ1v) is 10.5. The average Bonchev–Trinajstić information content (AvgIpc) is 2.79. The van der Waals surface area contributed by atoms with Crippen LogP contribution in [0, 0.1) is 0 Å². The van der Waals surface area contributed by atoms with E-state index in [1.165, 1.54) is 24.3 Å². The van der Waals surface area contributed by atoms with Gasteiger partial charge >= 0.3 is 0 Å². The maximum absolute atomic E-state index is 14.4. The highest BCUT2D eigenvalue weighted by Crippen LogP contribution is 2.30. The van der Waals surface area contributed by atoms with Crippen LogP contribution in [0.25, 0.3) is 0 Å². The van der Waals surface area contributed by atoms with Gasteiger partial charge in [0.05, 0.1) is 13.2 Å². The van der Waals surface area contributed by atoms with Crippen LogP contribution in [0.2, 0.25) is 0 Å². The quantitative estimate of drug-likeness (QED) is 0.292. The second-order valence-electron chi connectivity index (χ2n) is 6.71. The van der Waals surface area contributed by atoms with Crippen LogP contribution in [0.1, 0.15) is 24.2 Å². The fourth-order valence-corrected chi connectivity index (χ4v) is 3.10. The van der Waals surface area contributed by atoms with Crippen molar-refractivity contribution < 1.29 is 27.4 Å². The highest BCUT2D eigenvalue weighted by molar-refractivity contribution is 9.10. The minimum absolute atomic E-state index is 0.0205. The van der Waals surface area contributed by atoms with E-state index in [2.05, 4.69) is 15.9 Å². The Morgan fingerprint density at radius 1 is 0.839 bits per heavy atom. The van der Waals surface area contributed by atoms with E-state index in [0.29, 0.717) is 29.4 Å². The topological polar surface area (TPSA) is 27.7 Å². The fourth-order valence-electron chi connectivity index (χ4n) is 2.84. The van der Waals surface area contributed by atoms with E-state index in [1.54, 1.807) is 36.4 Å². The van der Waals surface area contributed by atoms with Crippen LogP contribution in [0.5, 0.6) is 17.2 Å². The van der Waals surface area contributed by atoms with Gasteiger partial charge in [-0.3, -0.25) is 0 Å². The van der Waals surface area contributed by atoms with Gasteiger partial charge in [0.2, 0.25) is 6.36 Å². The summed E-state index contributed by atoms with van der Waals surface area (Å²) in [5, 5.41) is 0. The van der Waals surface area contributed by atoms with Crippen LogP contribution in [0.4, 0.5) is 13.2 Å². The normalized spacial score (nSPS) is 14.0. The highest BCUT2D eigenvalue weighted by atomic mass is 79.9. The average molecular weight is 495 g/mol. The smallest absolute Gasteiger partial charge is 0.234 e. The van der Waals surface area contributed by atoms with E-state index in [4.69, 9.17) is 14.2 Å².